The van der Waals surface area contributed by atoms with Crippen molar-refractivity contribution in [3.05, 3.63) is 119 Å². The number of nitrogens with one attached hydrogen (secondary N) is 1. The molecule has 4 aliphatic rings. The van der Waals surface area contributed by atoms with Crippen molar-refractivity contribution in [3.63, 3.8) is 0 Å². The number of carbonyl (C=O) groups is 3. The first-order chi connectivity index (χ1) is 25.9. The molecule has 11 nitrogen and oxygen atoms in total. The van der Waals surface area contributed by atoms with E-state index in [4.69, 9.17) is 14.2 Å². The Balaban J connectivity index is 0.778. The molecule has 53 heavy (non-hydrogen) atoms. The number of rotatable bonds is 11. The van der Waals surface area contributed by atoms with E-state index in [2.05, 4.69) is 63.6 Å². The number of hydrogen-bond donors (Lipinski definition) is 2. The summed E-state index contributed by atoms with van der Waals surface area (Å²) in [6.07, 6.45) is 0.583. The second-order valence-electron chi connectivity index (χ2n) is 14.2. The molecule has 8 rings (SSSR count). The number of piperazine rings is 1. The summed E-state index contributed by atoms with van der Waals surface area (Å²) in [7, 11) is 0. The number of fused-ring (bicyclic) bond motifs is 2. The van der Waals surface area contributed by atoms with Crippen LogP contribution in [0.15, 0.2) is 91.0 Å². The normalized spacial score (nSPS) is 21.8. The fourth-order valence-corrected chi connectivity index (χ4v) is 8.03. The Morgan fingerprint density at radius 3 is 2.19 bits per heavy atom. The van der Waals surface area contributed by atoms with Crippen LogP contribution in [0.25, 0.3) is 0 Å². The van der Waals surface area contributed by atoms with Gasteiger partial charge in [-0.2, -0.15) is 0 Å². The van der Waals surface area contributed by atoms with Gasteiger partial charge in [-0.15, -0.1) is 0 Å². The number of piperidine rings is 1. The van der Waals surface area contributed by atoms with Gasteiger partial charge < -0.3 is 24.2 Å². The molecule has 4 heterocycles. The standard InChI is InChI=1S/C42H44N4O7/c47-31-8-12-35-38(25-31)53-27-36(28-4-2-1-3-5-28)40(35)29-6-9-32(10-7-29)51-22-20-44-16-18-45(19-17-44)21-23-52-33-11-13-34-30(24-33)26-46(42(34)50)37-14-15-39(48)43-41(37)49/h1-13,24-25,36-37,40,47H,14-23,26-27H2,(H,43,48,49)/t36-,37?,40?/m1/s1. The second kappa shape index (κ2) is 15.3. The summed E-state index contributed by atoms with van der Waals surface area (Å²) < 4.78 is 18.4. The number of hydrogen-bond acceptors (Lipinski definition) is 9. The van der Waals surface area contributed by atoms with E-state index in [9.17, 15) is 19.5 Å². The molecular weight excluding hydrogens is 672 g/mol. The molecule has 0 bridgehead atoms. The molecule has 3 amide bonds. The van der Waals surface area contributed by atoms with Crippen molar-refractivity contribution in [3.8, 4) is 23.0 Å². The molecule has 4 aliphatic heterocycles. The third-order valence-corrected chi connectivity index (χ3v) is 10.9. The van der Waals surface area contributed by atoms with E-state index in [1.165, 1.54) is 11.1 Å². The number of benzene rings is 4. The number of aromatic hydroxyl groups is 1. The number of carbonyl (C=O) groups excluding carboxylic acids is 3. The van der Waals surface area contributed by atoms with E-state index >= 15 is 0 Å². The van der Waals surface area contributed by atoms with Crippen LogP contribution in [0, 0.1) is 0 Å². The first-order valence-corrected chi connectivity index (χ1v) is 18.5. The maximum absolute atomic E-state index is 13.0. The van der Waals surface area contributed by atoms with Gasteiger partial charge in [0.1, 0.15) is 42.3 Å². The number of phenolic OH excluding ortho intramolecular Hbond substituents is 1. The van der Waals surface area contributed by atoms with Gasteiger partial charge in [0.15, 0.2) is 0 Å². The van der Waals surface area contributed by atoms with Crippen molar-refractivity contribution in [1.29, 1.82) is 0 Å². The Morgan fingerprint density at radius 2 is 1.47 bits per heavy atom. The van der Waals surface area contributed by atoms with Gasteiger partial charge >= 0.3 is 0 Å². The summed E-state index contributed by atoms with van der Waals surface area (Å²) in [5.74, 6) is 1.85. The third-order valence-electron chi connectivity index (χ3n) is 10.9. The maximum atomic E-state index is 13.0. The van der Waals surface area contributed by atoms with Crippen molar-refractivity contribution in [2.45, 2.75) is 37.3 Å². The summed E-state index contributed by atoms with van der Waals surface area (Å²) in [5, 5.41) is 12.4. The molecule has 0 spiro atoms. The zero-order valence-electron chi connectivity index (χ0n) is 29.6. The first-order valence-electron chi connectivity index (χ1n) is 18.5. The minimum atomic E-state index is -0.623. The van der Waals surface area contributed by atoms with E-state index in [0.29, 0.717) is 44.1 Å². The fourth-order valence-electron chi connectivity index (χ4n) is 8.03. The van der Waals surface area contributed by atoms with Gasteiger partial charge in [-0.25, -0.2) is 0 Å². The Labute approximate surface area is 309 Å². The summed E-state index contributed by atoms with van der Waals surface area (Å²) in [4.78, 5) is 43.2. The van der Waals surface area contributed by atoms with Crippen LogP contribution in [0.2, 0.25) is 0 Å². The third kappa shape index (κ3) is 7.58. The maximum Gasteiger partial charge on any atom is 0.255 e. The number of nitrogens with zero attached hydrogens (tertiary/aromatic N) is 3. The van der Waals surface area contributed by atoms with Gasteiger partial charge in [0.05, 0.1) is 6.61 Å². The molecule has 0 aromatic heterocycles. The molecule has 0 aliphatic carbocycles. The lowest BCUT2D eigenvalue weighted by molar-refractivity contribution is -0.136. The van der Waals surface area contributed by atoms with Gasteiger partial charge in [0.25, 0.3) is 5.91 Å². The predicted molar refractivity (Wildman–Crippen MR) is 197 cm³/mol. The van der Waals surface area contributed by atoms with E-state index in [1.54, 1.807) is 23.1 Å². The highest BCUT2D eigenvalue weighted by molar-refractivity contribution is 6.05. The van der Waals surface area contributed by atoms with Gasteiger partial charge in [0.2, 0.25) is 11.8 Å². The summed E-state index contributed by atoms with van der Waals surface area (Å²) in [6, 6.07) is 29.1. The topological polar surface area (TPSA) is 121 Å². The molecule has 4 aromatic rings. The van der Waals surface area contributed by atoms with Crippen molar-refractivity contribution >= 4 is 17.7 Å². The van der Waals surface area contributed by atoms with E-state index in [1.807, 2.05) is 24.3 Å². The van der Waals surface area contributed by atoms with Gasteiger partial charge in [-0.05, 0) is 59.5 Å². The number of imide groups is 1. The Kier molecular flexibility index (Phi) is 10.0. The van der Waals surface area contributed by atoms with Crippen LogP contribution < -0.4 is 19.5 Å². The summed E-state index contributed by atoms with van der Waals surface area (Å²) in [6.45, 7) is 7.49. The average molecular weight is 717 g/mol. The second-order valence-corrected chi connectivity index (χ2v) is 14.2. The average Bonchev–Trinajstić information content (AvgIpc) is 3.50. The molecule has 2 fully saturated rings. The zero-order valence-corrected chi connectivity index (χ0v) is 29.6. The number of ether oxygens (including phenoxy) is 3. The lowest BCUT2D eigenvalue weighted by atomic mass is 9.76. The summed E-state index contributed by atoms with van der Waals surface area (Å²) in [5.41, 5.74) is 4.91. The molecule has 274 valence electrons. The van der Waals surface area contributed by atoms with Crippen LogP contribution in [0.3, 0.4) is 0 Å². The Morgan fingerprint density at radius 1 is 0.774 bits per heavy atom. The fraction of sp³-hybridized carbons (Fsp3) is 0.357. The number of amides is 3. The Hall–Kier alpha value is -5.39. The minimum absolute atomic E-state index is 0.0920. The van der Waals surface area contributed by atoms with Crippen molar-refractivity contribution in [1.82, 2.24) is 20.0 Å². The molecule has 2 N–H and O–H groups in total. The van der Waals surface area contributed by atoms with E-state index in [0.717, 1.165) is 61.9 Å². The van der Waals surface area contributed by atoms with E-state index in [-0.39, 0.29) is 35.8 Å². The molecule has 0 radical (unpaired) electrons. The highest BCUT2D eigenvalue weighted by atomic mass is 16.5. The lowest BCUT2D eigenvalue weighted by Crippen LogP contribution is -2.52. The monoisotopic (exact) mass is 716 g/mol. The molecular formula is C42H44N4O7. The zero-order chi connectivity index (χ0) is 36.3. The molecule has 2 saturated heterocycles. The molecule has 3 atom stereocenters. The quantitative estimate of drug-likeness (QED) is 0.216. The molecule has 11 heteroatoms. The molecule has 4 aromatic carbocycles. The van der Waals surface area contributed by atoms with Crippen LogP contribution in [-0.4, -0.2) is 103 Å². The van der Waals surface area contributed by atoms with Crippen molar-refractivity contribution < 1.29 is 33.7 Å². The van der Waals surface area contributed by atoms with Gasteiger partial charge in [-0.3, -0.25) is 29.5 Å². The van der Waals surface area contributed by atoms with E-state index < -0.39 is 11.9 Å². The lowest BCUT2D eigenvalue weighted by Gasteiger charge is -2.35. The van der Waals surface area contributed by atoms with Crippen LogP contribution in [0.4, 0.5) is 0 Å². The first kappa shape index (κ1) is 34.7. The SMILES string of the molecule is O=C1CCC(N2Cc3cc(OCCN4CCN(CCOc5ccc(C6c7ccc(O)cc7OC[C@@H]6c6ccccc6)cc5)CC4)ccc3C2=O)C(=O)N1. The van der Waals surface area contributed by atoms with Crippen molar-refractivity contribution in [2.24, 2.45) is 0 Å². The highest BCUT2D eigenvalue weighted by Crippen LogP contribution is 2.47. The smallest absolute Gasteiger partial charge is 0.255 e. The van der Waals surface area contributed by atoms with Crippen LogP contribution in [-0.2, 0) is 16.1 Å². The van der Waals surface area contributed by atoms with Crippen LogP contribution in [0.1, 0.15) is 57.3 Å². The van der Waals surface area contributed by atoms with Crippen molar-refractivity contribution in [2.75, 3.05) is 59.1 Å². The summed E-state index contributed by atoms with van der Waals surface area (Å²) >= 11 is 0. The minimum Gasteiger partial charge on any atom is -0.508 e. The highest BCUT2D eigenvalue weighted by Gasteiger charge is 2.39. The van der Waals surface area contributed by atoms with Gasteiger partial charge in [0, 0.05) is 81.3 Å². The number of phenols is 1. The Bertz CT molecular complexity index is 1960. The van der Waals surface area contributed by atoms with Crippen LogP contribution >= 0.6 is 0 Å². The molecule has 2 unspecified atom stereocenters. The predicted octanol–water partition coefficient (Wildman–Crippen LogP) is 4.54. The van der Waals surface area contributed by atoms with Crippen LogP contribution in [0.5, 0.6) is 23.0 Å². The molecule has 0 saturated carbocycles. The largest absolute Gasteiger partial charge is 0.508 e. The van der Waals surface area contributed by atoms with Gasteiger partial charge in [-0.1, -0.05) is 48.5 Å².